The molecule has 0 N–H and O–H groups in total. The maximum Gasteiger partial charge on any atom is 0.407 e. The summed E-state index contributed by atoms with van der Waals surface area (Å²) in [4.78, 5) is 22.5. The van der Waals surface area contributed by atoms with Crippen LogP contribution >= 0.6 is 0 Å². The number of rotatable bonds is 3. The van der Waals surface area contributed by atoms with E-state index >= 15 is 0 Å². The second kappa shape index (κ2) is 5.02. The van der Waals surface area contributed by atoms with Gasteiger partial charge in [-0.1, -0.05) is 30.3 Å². The number of hydrogen-bond donors (Lipinski definition) is 0. The minimum atomic E-state index is -5.86. The summed E-state index contributed by atoms with van der Waals surface area (Å²) in [7, 11) is 0. The van der Waals surface area contributed by atoms with Gasteiger partial charge in [-0.05, 0) is 0 Å². The Bertz CT molecular complexity index is 460. The highest BCUT2D eigenvalue weighted by molar-refractivity contribution is 6.44. The minimum absolute atomic E-state index is 0.522. The van der Waals surface area contributed by atoms with Gasteiger partial charge in [0.25, 0.3) is 0 Å². The molecule has 0 aliphatic carbocycles. The van der Waals surface area contributed by atoms with Crippen molar-refractivity contribution in [2.75, 3.05) is 0 Å². The smallest absolute Gasteiger partial charge is 0.289 e. The molecule has 0 atom stereocenters. The van der Waals surface area contributed by atoms with E-state index in [0.29, 0.717) is 0 Å². The third-order valence-corrected chi connectivity index (χ3v) is 2.18. The van der Waals surface area contributed by atoms with Crippen LogP contribution in [-0.4, -0.2) is 23.9 Å². The summed E-state index contributed by atoms with van der Waals surface area (Å²) in [6.07, 6.45) is -11.7. The maximum absolute atomic E-state index is 12.2. The number of carbonyl (C=O) groups is 2. The summed E-state index contributed by atoms with van der Waals surface area (Å²) in [5.74, 6) is -8.65. The molecule has 0 saturated carbocycles. The van der Waals surface area contributed by atoms with Crippen LogP contribution in [0.1, 0.15) is 10.4 Å². The first-order valence-electron chi connectivity index (χ1n) is 4.82. The molecule has 0 saturated heterocycles. The van der Waals surface area contributed by atoms with Crippen molar-refractivity contribution < 1.29 is 35.9 Å². The maximum atomic E-state index is 12.2. The zero-order valence-corrected chi connectivity index (χ0v) is 9.05. The zero-order valence-electron chi connectivity index (χ0n) is 9.05. The second-order valence-corrected chi connectivity index (χ2v) is 3.58. The van der Waals surface area contributed by atoms with Gasteiger partial charge in [0.05, 0.1) is 0 Å². The average molecular weight is 284 g/mol. The molecule has 0 aliphatic rings. The van der Waals surface area contributed by atoms with Crippen LogP contribution in [0, 0.1) is 5.92 Å². The fraction of sp³-hybridized carbons (Fsp3) is 0.273. The van der Waals surface area contributed by atoms with Gasteiger partial charge in [0.2, 0.25) is 17.5 Å². The SMILES string of the molecule is O=C(C(=O)C(C(F)(F)F)C(F)(F)F)c1ccccc1. The van der Waals surface area contributed by atoms with Crippen molar-refractivity contribution >= 4 is 11.6 Å². The van der Waals surface area contributed by atoms with Crippen molar-refractivity contribution in [1.29, 1.82) is 0 Å². The molecule has 0 radical (unpaired) electrons. The summed E-state index contributed by atoms with van der Waals surface area (Å²) in [5, 5.41) is 0. The van der Waals surface area contributed by atoms with E-state index in [9.17, 15) is 35.9 Å². The predicted octanol–water partition coefficient (Wildman–Crippen LogP) is 3.18. The molecular formula is C11H6F6O2. The van der Waals surface area contributed by atoms with E-state index in [1.54, 1.807) is 0 Å². The standard InChI is InChI=1S/C11H6F6O2/c12-10(13,14)9(11(15,16)17)8(19)7(18)6-4-2-1-3-5-6/h1-5,9H. The molecule has 0 heterocycles. The van der Waals surface area contributed by atoms with Gasteiger partial charge in [-0.3, -0.25) is 9.59 Å². The van der Waals surface area contributed by atoms with Crippen LogP contribution in [0.25, 0.3) is 0 Å². The molecule has 0 unspecified atom stereocenters. The molecule has 0 aromatic heterocycles. The fourth-order valence-electron chi connectivity index (χ4n) is 1.35. The van der Waals surface area contributed by atoms with Gasteiger partial charge in [0.1, 0.15) is 0 Å². The Morgan fingerprint density at radius 3 is 1.63 bits per heavy atom. The highest BCUT2D eigenvalue weighted by Crippen LogP contribution is 2.40. The van der Waals surface area contributed by atoms with E-state index in [1.165, 1.54) is 18.2 Å². The third-order valence-electron chi connectivity index (χ3n) is 2.18. The summed E-state index contributed by atoms with van der Waals surface area (Å²) >= 11 is 0. The molecule has 0 amide bonds. The van der Waals surface area contributed by atoms with Gasteiger partial charge < -0.3 is 0 Å². The Labute approximate surface area is 103 Å². The van der Waals surface area contributed by atoms with E-state index in [2.05, 4.69) is 0 Å². The van der Waals surface area contributed by atoms with Gasteiger partial charge in [0, 0.05) is 5.56 Å². The van der Waals surface area contributed by atoms with Gasteiger partial charge >= 0.3 is 12.4 Å². The number of hydrogen-bond acceptors (Lipinski definition) is 2. The van der Waals surface area contributed by atoms with E-state index in [-0.39, 0.29) is 0 Å². The van der Waals surface area contributed by atoms with Crippen molar-refractivity contribution in [3.05, 3.63) is 35.9 Å². The number of carbonyl (C=O) groups excluding carboxylic acids is 2. The minimum Gasteiger partial charge on any atom is -0.289 e. The number of benzene rings is 1. The van der Waals surface area contributed by atoms with Crippen LogP contribution in [0.15, 0.2) is 30.3 Å². The van der Waals surface area contributed by atoms with Crippen molar-refractivity contribution in [2.45, 2.75) is 12.4 Å². The first-order valence-corrected chi connectivity index (χ1v) is 4.82. The summed E-state index contributed by atoms with van der Waals surface area (Å²) in [5.41, 5.74) is -0.522. The molecule has 1 aromatic carbocycles. The Morgan fingerprint density at radius 2 is 1.26 bits per heavy atom. The number of alkyl halides is 6. The van der Waals surface area contributed by atoms with Gasteiger partial charge in [0.15, 0.2) is 0 Å². The van der Waals surface area contributed by atoms with E-state index in [1.807, 2.05) is 0 Å². The molecule has 2 nitrogen and oxygen atoms in total. The van der Waals surface area contributed by atoms with Crippen molar-refractivity contribution in [3.63, 3.8) is 0 Å². The van der Waals surface area contributed by atoms with Crippen LogP contribution in [-0.2, 0) is 4.79 Å². The highest BCUT2D eigenvalue weighted by Gasteiger charge is 2.62. The molecular weight excluding hydrogens is 278 g/mol. The molecule has 0 bridgehead atoms. The van der Waals surface area contributed by atoms with Gasteiger partial charge in [-0.25, -0.2) is 0 Å². The molecule has 8 heteroatoms. The van der Waals surface area contributed by atoms with E-state index in [4.69, 9.17) is 0 Å². The fourth-order valence-corrected chi connectivity index (χ4v) is 1.35. The number of ketones is 2. The highest BCUT2D eigenvalue weighted by atomic mass is 19.4. The van der Waals surface area contributed by atoms with Gasteiger partial charge in [-0.15, -0.1) is 0 Å². The lowest BCUT2D eigenvalue weighted by Crippen LogP contribution is -2.45. The first kappa shape index (κ1) is 15.2. The monoisotopic (exact) mass is 284 g/mol. The molecule has 0 spiro atoms. The lowest BCUT2D eigenvalue weighted by atomic mass is 9.95. The Morgan fingerprint density at radius 1 is 0.842 bits per heavy atom. The second-order valence-electron chi connectivity index (χ2n) is 3.58. The quantitative estimate of drug-likeness (QED) is 0.485. The zero-order chi connectivity index (χ0) is 14.8. The van der Waals surface area contributed by atoms with Crippen LogP contribution in [0.5, 0.6) is 0 Å². The average Bonchev–Trinajstić information content (AvgIpc) is 2.25. The van der Waals surface area contributed by atoms with Crippen molar-refractivity contribution in [2.24, 2.45) is 5.92 Å². The molecule has 104 valence electrons. The van der Waals surface area contributed by atoms with Gasteiger partial charge in [-0.2, -0.15) is 26.3 Å². The normalized spacial score (nSPS) is 12.6. The molecule has 0 fully saturated rings. The Hall–Kier alpha value is -1.86. The molecule has 0 aliphatic heterocycles. The van der Waals surface area contributed by atoms with Crippen molar-refractivity contribution in [3.8, 4) is 0 Å². The summed E-state index contributed by atoms with van der Waals surface area (Å²) < 4.78 is 73.5. The predicted molar refractivity (Wildman–Crippen MR) is 51.4 cm³/mol. The number of Topliss-reactive ketones (excluding diaryl/α,β-unsaturated/α-hetero) is 2. The van der Waals surface area contributed by atoms with Crippen LogP contribution in [0.2, 0.25) is 0 Å². The summed E-state index contributed by atoms with van der Waals surface area (Å²) in [6.45, 7) is 0. The van der Waals surface area contributed by atoms with Crippen LogP contribution < -0.4 is 0 Å². The number of halogens is 6. The Kier molecular flexibility index (Phi) is 4.02. The molecule has 19 heavy (non-hydrogen) atoms. The van der Waals surface area contributed by atoms with Crippen LogP contribution in [0.3, 0.4) is 0 Å². The van der Waals surface area contributed by atoms with E-state index < -0.39 is 35.4 Å². The van der Waals surface area contributed by atoms with Crippen LogP contribution in [0.4, 0.5) is 26.3 Å². The molecule has 1 aromatic rings. The van der Waals surface area contributed by atoms with Crippen molar-refractivity contribution in [1.82, 2.24) is 0 Å². The largest absolute Gasteiger partial charge is 0.407 e. The Balaban J connectivity index is 3.13. The first-order chi connectivity index (χ1) is 8.55. The summed E-state index contributed by atoms with van der Waals surface area (Å²) in [6, 6.07) is 5.76. The molecule has 1 rings (SSSR count). The third kappa shape index (κ3) is 3.55. The topological polar surface area (TPSA) is 34.1 Å². The lowest BCUT2D eigenvalue weighted by molar-refractivity contribution is -0.271. The van der Waals surface area contributed by atoms with E-state index in [0.717, 1.165) is 12.1 Å². The lowest BCUT2D eigenvalue weighted by Gasteiger charge is -2.20.